The Kier molecular flexibility index (Phi) is 5.77. The molecule has 2 heterocycles. The Balaban J connectivity index is 1.75. The number of aryl methyl sites for hydroxylation is 1. The van der Waals surface area contributed by atoms with Gasteiger partial charge in [-0.05, 0) is 76.8 Å². The van der Waals surface area contributed by atoms with Gasteiger partial charge >= 0.3 is 0 Å². The monoisotopic (exact) mass is 433 g/mol. The first kappa shape index (κ1) is 22.0. The molecule has 32 heavy (non-hydrogen) atoms. The summed E-state index contributed by atoms with van der Waals surface area (Å²) >= 11 is 0. The fraction of sp³-hybridized carbons (Fsp3) is 0.400. The maximum atomic E-state index is 12.5. The van der Waals surface area contributed by atoms with Crippen LogP contribution in [0.25, 0.3) is 22.5 Å². The second kappa shape index (κ2) is 8.39. The van der Waals surface area contributed by atoms with Crippen LogP contribution in [-0.4, -0.2) is 43.8 Å². The summed E-state index contributed by atoms with van der Waals surface area (Å²) in [6.07, 6.45) is 5.94. The van der Waals surface area contributed by atoms with Crippen molar-refractivity contribution >= 4 is 22.8 Å². The topological polar surface area (TPSA) is 91.5 Å². The molecule has 2 aromatic heterocycles. The first-order valence-corrected chi connectivity index (χ1v) is 11.1. The molecule has 0 aliphatic heterocycles. The number of amides is 1. The van der Waals surface area contributed by atoms with Gasteiger partial charge in [-0.25, -0.2) is 9.50 Å². The van der Waals surface area contributed by atoms with Crippen molar-refractivity contribution in [1.82, 2.24) is 19.9 Å². The van der Waals surface area contributed by atoms with Crippen molar-refractivity contribution in [3.05, 3.63) is 53.4 Å². The highest BCUT2D eigenvalue weighted by Crippen LogP contribution is 2.28. The first-order valence-electron chi connectivity index (χ1n) is 11.1. The highest BCUT2D eigenvalue weighted by atomic mass is 16.3. The molecular weight excluding hydrogens is 402 g/mol. The van der Waals surface area contributed by atoms with E-state index in [-0.39, 0.29) is 5.91 Å². The van der Waals surface area contributed by atoms with Gasteiger partial charge in [0.2, 0.25) is 0 Å². The summed E-state index contributed by atoms with van der Waals surface area (Å²) in [6.45, 7) is 9.85. The SMILES string of the molecule is CC=C(C)c1cc(NCC(C)(C)O)c2ncc(-c3ccc(C(=O)NC4CC4)c(C)c3)n2n1. The second-order valence-electron chi connectivity index (χ2n) is 9.24. The average molecular weight is 434 g/mol. The van der Waals surface area contributed by atoms with Crippen LogP contribution >= 0.6 is 0 Å². The number of benzene rings is 1. The fourth-order valence-corrected chi connectivity index (χ4v) is 3.52. The lowest BCUT2D eigenvalue weighted by atomic mass is 10.0. The normalized spacial score (nSPS) is 14.6. The van der Waals surface area contributed by atoms with E-state index in [1.807, 2.05) is 55.6 Å². The first-order chi connectivity index (χ1) is 15.2. The minimum absolute atomic E-state index is 0.0167. The summed E-state index contributed by atoms with van der Waals surface area (Å²) in [6, 6.07) is 8.11. The number of nitrogens with zero attached hydrogens (tertiary/aromatic N) is 3. The standard InChI is InChI=1S/C25H31N5O2/c1-6-15(2)20-12-21(27-14-25(4,5)32)23-26-13-22(30(23)29-20)17-7-10-19(16(3)11-17)24(31)28-18-8-9-18/h6-7,10-13,18,27,32H,8-9,14H2,1-5H3,(H,28,31). The largest absolute Gasteiger partial charge is 0.389 e. The molecule has 3 N–H and O–H groups in total. The number of imidazole rings is 1. The lowest BCUT2D eigenvalue weighted by Crippen LogP contribution is -2.29. The van der Waals surface area contributed by atoms with Gasteiger partial charge in [0.1, 0.15) is 0 Å². The van der Waals surface area contributed by atoms with Gasteiger partial charge in [0.25, 0.3) is 5.91 Å². The van der Waals surface area contributed by atoms with E-state index < -0.39 is 5.60 Å². The average Bonchev–Trinajstić information content (AvgIpc) is 3.45. The summed E-state index contributed by atoms with van der Waals surface area (Å²) in [5, 5.41) is 21.4. The predicted octanol–water partition coefficient (Wildman–Crippen LogP) is 4.20. The number of nitrogens with one attached hydrogen (secondary N) is 2. The molecule has 1 aliphatic rings. The van der Waals surface area contributed by atoms with E-state index in [4.69, 9.17) is 5.10 Å². The van der Waals surface area contributed by atoms with Crippen molar-refractivity contribution < 1.29 is 9.90 Å². The molecule has 0 saturated heterocycles. The fourth-order valence-electron chi connectivity index (χ4n) is 3.52. The minimum atomic E-state index is -0.862. The van der Waals surface area contributed by atoms with E-state index in [0.717, 1.165) is 46.6 Å². The van der Waals surface area contributed by atoms with Crippen molar-refractivity contribution in [3.63, 3.8) is 0 Å². The highest BCUT2D eigenvalue weighted by molar-refractivity contribution is 5.96. The van der Waals surface area contributed by atoms with Crippen LogP contribution in [0.4, 0.5) is 5.69 Å². The summed E-state index contributed by atoms with van der Waals surface area (Å²) < 4.78 is 1.83. The Labute approximate surface area is 188 Å². The third-order valence-corrected chi connectivity index (χ3v) is 5.70. The highest BCUT2D eigenvalue weighted by Gasteiger charge is 2.24. The molecule has 1 amide bonds. The third-order valence-electron chi connectivity index (χ3n) is 5.70. The zero-order chi connectivity index (χ0) is 23.0. The van der Waals surface area contributed by atoms with Crippen molar-refractivity contribution in [1.29, 1.82) is 0 Å². The Hall–Kier alpha value is -3.19. The molecule has 3 aromatic rings. The van der Waals surface area contributed by atoms with Crippen molar-refractivity contribution in [2.24, 2.45) is 0 Å². The number of hydrogen-bond acceptors (Lipinski definition) is 5. The van der Waals surface area contributed by atoms with Crippen molar-refractivity contribution in [2.75, 3.05) is 11.9 Å². The smallest absolute Gasteiger partial charge is 0.251 e. The molecule has 1 saturated carbocycles. The predicted molar refractivity (Wildman–Crippen MR) is 128 cm³/mol. The molecule has 1 aliphatic carbocycles. The molecule has 7 nitrogen and oxygen atoms in total. The number of fused-ring (bicyclic) bond motifs is 1. The second-order valence-corrected chi connectivity index (χ2v) is 9.24. The molecule has 0 unspecified atom stereocenters. The number of carbonyl (C=O) groups is 1. The maximum Gasteiger partial charge on any atom is 0.251 e. The Bertz CT molecular complexity index is 1200. The molecule has 168 valence electrons. The van der Waals surface area contributed by atoms with E-state index >= 15 is 0 Å². The van der Waals surface area contributed by atoms with Gasteiger partial charge in [-0.1, -0.05) is 12.1 Å². The summed E-state index contributed by atoms with van der Waals surface area (Å²) in [4.78, 5) is 17.1. The molecule has 0 radical (unpaired) electrons. The van der Waals surface area contributed by atoms with E-state index in [1.54, 1.807) is 20.0 Å². The van der Waals surface area contributed by atoms with E-state index in [1.165, 1.54) is 0 Å². The number of carbonyl (C=O) groups excluding carboxylic acids is 1. The number of aliphatic hydroxyl groups is 1. The maximum absolute atomic E-state index is 12.5. The number of anilines is 1. The van der Waals surface area contributed by atoms with Crippen molar-refractivity contribution in [3.8, 4) is 11.3 Å². The minimum Gasteiger partial charge on any atom is -0.389 e. The van der Waals surface area contributed by atoms with Gasteiger partial charge in [-0.3, -0.25) is 4.79 Å². The molecule has 0 atom stereocenters. The van der Waals surface area contributed by atoms with Gasteiger partial charge in [-0.2, -0.15) is 5.10 Å². The zero-order valence-electron chi connectivity index (χ0n) is 19.4. The van der Waals surface area contributed by atoms with Gasteiger partial charge in [0.15, 0.2) is 5.65 Å². The van der Waals surface area contributed by atoms with Gasteiger partial charge in [-0.15, -0.1) is 0 Å². The molecule has 0 spiro atoms. The third kappa shape index (κ3) is 4.67. The molecule has 4 rings (SSSR count). The lowest BCUT2D eigenvalue weighted by Gasteiger charge is -2.19. The number of allylic oxidation sites excluding steroid dienone is 2. The van der Waals surface area contributed by atoms with Crippen LogP contribution in [0.3, 0.4) is 0 Å². The molecular formula is C25H31N5O2. The van der Waals surface area contributed by atoms with Gasteiger partial charge < -0.3 is 15.7 Å². The molecule has 0 bridgehead atoms. The van der Waals surface area contributed by atoms with E-state index in [2.05, 4.69) is 15.6 Å². The molecule has 1 fully saturated rings. The summed E-state index contributed by atoms with van der Waals surface area (Å²) in [5.74, 6) is -0.0167. The van der Waals surface area contributed by atoms with Crippen LogP contribution in [-0.2, 0) is 0 Å². The summed E-state index contributed by atoms with van der Waals surface area (Å²) in [7, 11) is 0. The van der Waals surface area contributed by atoms with Crippen molar-refractivity contribution in [2.45, 2.75) is 59.1 Å². The van der Waals surface area contributed by atoms with E-state index in [0.29, 0.717) is 23.8 Å². The summed E-state index contributed by atoms with van der Waals surface area (Å²) in [5.41, 5.74) is 5.89. The van der Waals surface area contributed by atoms with Crippen LogP contribution in [0.1, 0.15) is 62.2 Å². The Morgan fingerprint density at radius 1 is 1.31 bits per heavy atom. The van der Waals surface area contributed by atoms with Crippen LogP contribution in [0.15, 0.2) is 36.5 Å². The van der Waals surface area contributed by atoms with Crippen LogP contribution in [0.2, 0.25) is 0 Å². The van der Waals surface area contributed by atoms with Gasteiger partial charge in [0, 0.05) is 23.7 Å². The number of hydrogen-bond donors (Lipinski definition) is 3. The zero-order valence-corrected chi connectivity index (χ0v) is 19.4. The molecule has 1 aromatic carbocycles. The van der Waals surface area contributed by atoms with Gasteiger partial charge in [0.05, 0.1) is 28.9 Å². The Morgan fingerprint density at radius 2 is 2.06 bits per heavy atom. The van der Waals surface area contributed by atoms with E-state index in [9.17, 15) is 9.90 Å². The lowest BCUT2D eigenvalue weighted by molar-refractivity contribution is 0.0940. The number of aromatic nitrogens is 3. The van der Waals surface area contributed by atoms with Crippen LogP contribution < -0.4 is 10.6 Å². The molecule has 7 heteroatoms. The Morgan fingerprint density at radius 3 is 2.69 bits per heavy atom. The quantitative estimate of drug-likeness (QED) is 0.519. The van der Waals surface area contributed by atoms with Crippen LogP contribution in [0, 0.1) is 6.92 Å². The van der Waals surface area contributed by atoms with Crippen LogP contribution in [0.5, 0.6) is 0 Å². The number of rotatable bonds is 7.